The van der Waals surface area contributed by atoms with E-state index in [9.17, 15) is 4.79 Å². The van der Waals surface area contributed by atoms with Gasteiger partial charge in [-0.1, -0.05) is 0 Å². The first kappa shape index (κ1) is 17.1. The normalized spacial score (nSPS) is 23.7. The minimum atomic E-state index is -0.617. The molecule has 0 saturated carbocycles. The van der Waals surface area contributed by atoms with Gasteiger partial charge in [-0.2, -0.15) is 11.8 Å². The molecule has 0 bridgehead atoms. The van der Waals surface area contributed by atoms with Crippen LogP contribution in [0.2, 0.25) is 0 Å². The highest BCUT2D eigenvalue weighted by atomic mass is 32.2. The first-order chi connectivity index (χ1) is 9.29. The molecule has 1 aliphatic rings. The number of rotatable bonds is 6. The van der Waals surface area contributed by atoms with Crippen LogP contribution in [0.25, 0.3) is 0 Å². The molecule has 0 aromatic heterocycles. The molecule has 0 aromatic carbocycles. The van der Waals surface area contributed by atoms with Crippen molar-refractivity contribution < 1.29 is 4.79 Å². The van der Waals surface area contributed by atoms with Crippen LogP contribution in [-0.4, -0.2) is 42.0 Å². The van der Waals surface area contributed by atoms with Crippen LogP contribution in [-0.2, 0) is 4.79 Å². The van der Waals surface area contributed by atoms with Crippen molar-refractivity contribution in [1.29, 1.82) is 0 Å². The van der Waals surface area contributed by atoms with Gasteiger partial charge in [0.2, 0.25) is 5.91 Å². The van der Waals surface area contributed by atoms with E-state index >= 15 is 0 Å². The van der Waals surface area contributed by atoms with Gasteiger partial charge in [-0.05, 0) is 46.3 Å². The number of guanidine groups is 1. The summed E-state index contributed by atoms with van der Waals surface area (Å²) in [7, 11) is 0. The number of hydrogen-bond donors (Lipinski definition) is 3. The second kappa shape index (κ2) is 7.20. The van der Waals surface area contributed by atoms with Crippen molar-refractivity contribution in [3.05, 3.63) is 0 Å². The largest absolute Gasteiger partial charge is 0.369 e. The van der Waals surface area contributed by atoms with Gasteiger partial charge < -0.3 is 16.4 Å². The fourth-order valence-electron chi connectivity index (χ4n) is 1.94. The zero-order chi connectivity index (χ0) is 15.2. The molecule has 5 nitrogen and oxygen atoms in total. The second-order valence-electron chi connectivity index (χ2n) is 6.20. The van der Waals surface area contributed by atoms with Crippen molar-refractivity contribution in [2.24, 2.45) is 16.1 Å². The number of nitrogens with zero attached hydrogens (tertiary/aromatic N) is 1. The monoisotopic (exact) mass is 300 g/mol. The Labute approximate surface area is 126 Å². The minimum absolute atomic E-state index is 0.287. The van der Waals surface area contributed by atoms with Gasteiger partial charge in [0.1, 0.15) is 0 Å². The molecule has 1 heterocycles. The summed E-state index contributed by atoms with van der Waals surface area (Å²) in [4.78, 5) is 15.8. The molecule has 6 heteroatoms. The van der Waals surface area contributed by atoms with Gasteiger partial charge in [-0.15, -0.1) is 0 Å². The molecule has 0 spiro atoms. The summed E-state index contributed by atoms with van der Waals surface area (Å²) in [5.41, 5.74) is 4.76. The number of hydrogen-bond acceptors (Lipinski definition) is 3. The molecule has 116 valence electrons. The molecular formula is C14H28N4OS. The van der Waals surface area contributed by atoms with Crippen molar-refractivity contribution in [2.45, 2.75) is 45.3 Å². The van der Waals surface area contributed by atoms with Gasteiger partial charge >= 0.3 is 0 Å². The molecule has 1 rings (SSSR count). The number of nitrogens with two attached hydrogens (primary N) is 1. The summed E-state index contributed by atoms with van der Waals surface area (Å²) < 4.78 is 0.287. The average molecular weight is 300 g/mol. The third kappa shape index (κ3) is 5.23. The van der Waals surface area contributed by atoms with Crippen molar-refractivity contribution in [2.75, 3.05) is 25.4 Å². The first-order valence-corrected chi connectivity index (χ1v) is 8.24. The Balaban J connectivity index is 2.57. The lowest BCUT2D eigenvalue weighted by Gasteiger charge is -2.25. The number of carbonyl (C=O) groups excluding carboxylic acids is 1. The van der Waals surface area contributed by atoms with Crippen LogP contribution in [0.3, 0.4) is 0 Å². The van der Waals surface area contributed by atoms with E-state index in [2.05, 4.69) is 22.5 Å². The topological polar surface area (TPSA) is 79.5 Å². The van der Waals surface area contributed by atoms with Crippen LogP contribution in [0.15, 0.2) is 4.99 Å². The van der Waals surface area contributed by atoms with Crippen molar-refractivity contribution >= 4 is 23.6 Å². The highest BCUT2D eigenvalue weighted by Gasteiger charge is 2.29. The summed E-state index contributed by atoms with van der Waals surface area (Å²) in [6.07, 6.45) is 2.52. The molecule has 1 aliphatic heterocycles. The van der Waals surface area contributed by atoms with Crippen LogP contribution in [0.5, 0.6) is 0 Å². The Hall–Kier alpha value is -0.910. The first-order valence-electron chi connectivity index (χ1n) is 7.25. The average Bonchev–Trinajstić information content (AvgIpc) is 2.80. The fraction of sp³-hybridized carbons (Fsp3) is 0.857. The third-order valence-corrected chi connectivity index (χ3v) is 5.11. The van der Waals surface area contributed by atoms with Crippen LogP contribution in [0, 0.1) is 5.41 Å². The van der Waals surface area contributed by atoms with Crippen LogP contribution in [0.1, 0.15) is 40.5 Å². The maximum absolute atomic E-state index is 11.3. The third-order valence-electron chi connectivity index (χ3n) is 3.57. The van der Waals surface area contributed by atoms with Gasteiger partial charge in [-0.3, -0.25) is 9.79 Å². The van der Waals surface area contributed by atoms with Crippen LogP contribution in [0.4, 0.5) is 0 Å². The van der Waals surface area contributed by atoms with Gasteiger partial charge in [0.15, 0.2) is 5.96 Å². The number of aliphatic imine (C=N–C) groups is 1. The summed E-state index contributed by atoms with van der Waals surface area (Å²) in [5.74, 6) is 1.67. The summed E-state index contributed by atoms with van der Waals surface area (Å²) >= 11 is 2.01. The summed E-state index contributed by atoms with van der Waals surface area (Å²) in [5, 5.41) is 6.59. The van der Waals surface area contributed by atoms with E-state index in [1.54, 1.807) is 0 Å². The zero-order valence-electron chi connectivity index (χ0n) is 13.1. The molecule has 4 N–H and O–H groups in total. The van der Waals surface area contributed by atoms with Gasteiger partial charge in [0.05, 0.1) is 12.0 Å². The number of amides is 1. The van der Waals surface area contributed by atoms with Crippen molar-refractivity contribution in [1.82, 2.24) is 10.6 Å². The van der Waals surface area contributed by atoms with E-state index in [0.29, 0.717) is 6.54 Å². The van der Waals surface area contributed by atoms with Gasteiger partial charge in [0, 0.05) is 17.8 Å². The molecule has 1 saturated heterocycles. The Kier molecular flexibility index (Phi) is 6.17. The second-order valence-corrected chi connectivity index (χ2v) is 7.88. The van der Waals surface area contributed by atoms with E-state index in [0.717, 1.165) is 19.0 Å². The lowest BCUT2D eigenvalue weighted by Crippen LogP contribution is -2.44. The fourth-order valence-corrected chi connectivity index (χ4v) is 3.19. The number of primary amides is 1. The van der Waals surface area contributed by atoms with E-state index in [1.165, 1.54) is 18.6 Å². The molecule has 0 aliphatic carbocycles. The molecule has 1 amide bonds. The SMILES string of the molecule is CCNC(=NCC(C)(C)C(N)=O)NCC1(C)CCCS1. The molecular weight excluding hydrogens is 272 g/mol. The maximum atomic E-state index is 11.3. The van der Waals surface area contributed by atoms with Gasteiger partial charge in [-0.25, -0.2) is 0 Å². The number of carbonyl (C=O) groups is 1. The molecule has 0 aromatic rings. The van der Waals surface area contributed by atoms with E-state index in [-0.39, 0.29) is 10.7 Å². The predicted molar refractivity (Wildman–Crippen MR) is 87.1 cm³/mol. The smallest absolute Gasteiger partial charge is 0.224 e. The van der Waals surface area contributed by atoms with Crippen LogP contribution < -0.4 is 16.4 Å². The minimum Gasteiger partial charge on any atom is -0.369 e. The quantitative estimate of drug-likeness (QED) is 0.511. The van der Waals surface area contributed by atoms with Gasteiger partial charge in [0.25, 0.3) is 0 Å². The highest BCUT2D eigenvalue weighted by Crippen LogP contribution is 2.36. The molecule has 20 heavy (non-hydrogen) atoms. The van der Waals surface area contributed by atoms with E-state index in [4.69, 9.17) is 5.73 Å². The standard InChI is InChI=1S/C14H28N4OS/c1-5-16-12(17-9-13(2,3)11(15)19)18-10-14(4)7-6-8-20-14/h5-10H2,1-4H3,(H2,15,19)(H2,16,17,18). The Bertz CT molecular complexity index is 362. The lowest BCUT2D eigenvalue weighted by molar-refractivity contribution is -0.125. The number of nitrogens with one attached hydrogen (secondary N) is 2. The maximum Gasteiger partial charge on any atom is 0.224 e. The molecule has 1 atom stereocenters. The molecule has 0 radical (unpaired) electrons. The predicted octanol–water partition coefficient (Wildman–Crippen LogP) is 1.34. The van der Waals surface area contributed by atoms with Crippen LogP contribution >= 0.6 is 11.8 Å². The van der Waals surface area contributed by atoms with E-state index in [1.807, 2.05) is 32.5 Å². The Morgan fingerprint density at radius 3 is 2.65 bits per heavy atom. The van der Waals surface area contributed by atoms with Crippen molar-refractivity contribution in [3.63, 3.8) is 0 Å². The Morgan fingerprint density at radius 1 is 1.45 bits per heavy atom. The lowest BCUT2D eigenvalue weighted by atomic mass is 9.93. The van der Waals surface area contributed by atoms with Crippen molar-refractivity contribution in [3.8, 4) is 0 Å². The summed E-state index contributed by atoms with van der Waals surface area (Å²) in [6.45, 7) is 10.0. The molecule has 1 unspecified atom stereocenters. The zero-order valence-corrected chi connectivity index (χ0v) is 13.9. The molecule has 1 fully saturated rings. The Morgan fingerprint density at radius 2 is 2.15 bits per heavy atom. The van der Waals surface area contributed by atoms with E-state index < -0.39 is 5.41 Å². The highest BCUT2D eigenvalue weighted by molar-refractivity contribution is 8.00. The summed E-state index contributed by atoms with van der Waals surface area (Å²) in [6, 6.07) is 0. The number of thioether (sulfide) groups is 1.